The van der Waals surface area contributed by atoms with Gasteiger partial charge in [-0.05, 0) is 76.2 Å². The number of aromatic nitrogens is 2. The van der Waals surface area contributed by atoms with E-state index in [0.29, 0.717) is 19.0 Å². The molecule has 5 aliphatic rings. The molecule has 4 saturated carbocycles. The molecule has 4 aliphatic carbocycles. The van der Waals surface area contributed by atoms with E-state index in [1.165, 1.54) is 0 Å². The largest absolute Gasteiger partial charge is 0.446 e. The zero-order chi connectivity index (χ0) is 20.3. The molecule has 2 N–H and O–H groups in total. The average Bonchev–Trinajstić information content (AvgIpc) is 3.13. The Bertz CT molecular complexity index is 820. The van der Waals surface area contributed by atoms with Gasteiger partial charge in [0.05, 0.1) is 5.41 Å². The van der Waals surface area contributed by atoms with Gasteiger partial charge >= 0.3 is 6.09 Å². The number of carbonyl (C=O) groups is 2. The predicted molar refractivity (Wildman–Crippen MR) is 106 cm³/mol. The van der Waals surface area contributed by atoms with Gasteiger partial charge in [0.2, 0.25) is 5.91 Å². The predicted octanol–water partition coefficient (Wildman–Crippen LogP) is 2.70. The first-order valence-corrected chi connectivity index (χ1v) is 10.9. The fourth-order valence-corrected chi connectivity index (χ4v) is 6.74. The fraction of sp³-hybridized carbons (Fsp3) is 0.727. The van der Waals surface area contributed by atoms with Crippen LogP contribution in [0.2, 0.25) is 0 Å². The molecular formula is C22H30N4O3. The van der Waals surface area contributed by atoms with Crippen molar-refractivity contribution in [2.75, 3.05) is 13.1 Å². The van der Waals surface area contributed by atoms with Crippen molar-refractivity contribution in [3.05, 3.63) is 23.3 Å². The van der Waals surface area contributed by atoms with E-state index >= 15 is 0 Å². The number of aryl methyl sites for hydroxylation is 2. The highest BCUT2D eigenvalue weighted by molar-refractivity contribution is 5.81. The van der Waals surface area contributed by atoms with Crippen LogP contribution in [0.3, 0.4) is 0 Å². The average molecular weight is 399 g/mol. The van der Waals surface area contributed by atoms with E-state index in [2.05, 4.69) is 9.97 Å². The molecule has 5 fully saturated rings. The summed E-state index contributed by atoms with van der Waals surface area (Å²) >= 11 is 0. The summed E-state index contributed by atoms with van der Waals surface area (Å²) < 4.78 is 6.06. The Kier molecular flexibility index (Phi) is 4.33. The van der Waals surface area contributed by atoms with Crippen LogP contribution in [0.25, 0.3) is 0 Å². The summed E-state index contributed by atoms with van der Waals surface area (Å²) in [6.07, 6.45) is 5.19. The maximum absolute atomic E-state index is 12.9. The van der Waals surface area contributed by atoms with Crippen molar-refractivity contribution in [1.29, 1.82) is 0 Å². The van der Waals surface area contributed by atoms with E-state index in [-0.39, 0.29) is 41.3 Å². The summed E-state index contributed by atoms with van der Waals surface area (Å²) in [6.45, 7) is 5.24. The minimum absolute atomic E-state index is 0.0666. The molecule has 1 aromatic heterocycles. The van der Waals surface area contributed by atoms with Crippen LogP contribution in [0.1, 0.15) is 61.7 Å². The van der Waals surface area contributed by atoms with Gasteiger partial charge in [-0.15, -0.1) is 0 Å². The van der Waals surface area contributed by atoms with Gasteiger partial charge in [0.25, 0.3) is 0 Å². The third-order valence-electron chi connectivity index (χ3n) is 7.76. The van der Waals surface area contributed by atoms with Crippen molar-refractivity contribution < 1.29 is 14.3 Å². The Hall–Kier alpha value is -2.18. The highest BCUT2D eigenvalue weighted by Gasteiger charge is 2.59. The van der Waals surface area contributed by atoms with Crippen LogP contribution < -0.4 is 5.73 Å². The number of hydrogen-bond donors (Lipinski definition) is 1. The van der Waals surface area contributed by atoms with Crippen LogP contribution in [0.5, 0.6) is 0 Å². The Balaban J connectivity index is 1.24. The lowest BCUT2D eigenvalue weighted by molar-refractivity contribution is -0.161. The first-order chi connectivity index (χ1) is 13.8. The van der Waals surface area contributed by atoms with Crippen LogP contribution in [0.4, 0.5) is 4.79 Å². The molecule has 156 valence electrons. The Morgan fingerprint density at radius 2 is 1.79 bits per heavy atom. The Labute approximate surface area is 171 Å². The molecule has 2 heterocycles. The van der Waals surface area contributed by atoms with E-state index in [9.17, 15) is 9.59 Å². The standard InChI is InChI=1S/C22H30N4O3/c1-12-5-13(2)25-19(24-12)15-3-4-26(11-15)21(28)29-18-16-6-14-7-17(18)10-22(8-14,9-16)20(23)27/h5,14-18H,3-4,6-11H2,1-2H3,(H2,23,27)/t14?,15?,16?,17?,18-,22-. The maximum atomic E-state index is 12.9. The van der Waals surface area contributed by atoms with Crippen molar-refractivity contribution in [3.8, 4) is 0 Å². The molecule has 3 unspecified atom stereocenters. The van der Waals surface area contributed by atoms with Gasteiger partial charge in [-0.2, -0.15) is 0 Å². The van der Waals surface area contributed by atoms with Gasteiger partial charge in [-0.3, -0.25) is 4.79 Å². The highest BCUT2D eigenvalue weighted by Crippen LogP contribution is 2.60. The zero-order valence-electron chi connectivity index (χ0n) is 17.3. The summed E-state index contributed by atoms with van der Waals surface area (Å²) in [4.78, 5) is 36.0. The third-order valence-corrected chi connectivity index (χ3v) is 7.76. The number of hydrogen-bond acceptors (Lipinski definition) is 5. The molecule has 7 heteroatoms. The summed E-state index contributed by atoms with van der Waals surface area (Å²) in [5.74, 6) is 1.96. The van der Waals surface area contributed by atoms with E-state index in [1.54, 1.807) is 4.90 Å². The molecule has 0 spiro atoms. The van der Waals surface area contributed by atoms with Gasteiger partial charge in [-0.25, -0.2) is 14.8 Å². The minimum Gasteiger partial charge on any atom is -0.446 e. The van der Waals surface area contributed by atoms with Crippen molar-refractivity contribution in [2.24, 2.45) is 28.9 Å². The Morgan fingerprint density at radius 3 is 2.41 bits per heavy atom. The number of ether oxygens (including phenoxy) is 1. The van der Waals surface area contributed by atoms with Crippen LogP contribution in [0.15, 0.2) is 6.07 Å². The zero-order valence-corrected chi connectivity index (χ0v) is 17.3. The van der Waals surface area contributed by atoms with Gasteiger partial charge in [-0.1, -0.05) is 0 Å². The SMILES string of the molecule is Cc1cc(C)nc(C2CCN(C(=O)O[C@H]3C4CC5CC3C[C@](C(N)=O)(C5)C4)C2)n1. The first kappa shape index (κ1) is 18.8. The van der Waals surface area contributed by atoms with E-state index in [4.69, 9.17) is 10.5 Å². The number of primary amides is 1. The van der Waals surface area contributed by atoms with E-state index < -0.39 is 0 Å². The topological polar surface area (TPSA) is 98.4 Å². The van der Waals surface area contributed by atoms with Crippen LogP contribution in [-0.4, -0.2) is 46.1 Å². The summed E-state index contributed by atoms with van der Waals surface area (Å²) in [5, 5.41) is 0. The number of amides is 2. The van der Waals surface area contributed by atoms with Gasteiger partial charge in [0, 0.05) is 30.4 Å². The van der Waals surface area contributed by atoms with Crippen LogP contribution in [-0.2, 0) is 9.53 Å². The number of nitrogens with two attached hydrogens (primary N) is 1. The monoisotopic (exact) mass is 398 g/mol. The molecule has 7 nitrogen and oxygen atoms in total. The second-order valence-corrected chi connectivity index (χ2v) is 9.90. The third kappa shape index (κ3) is 3.19. The van der Waals surface area contributed by atoms with Crippen molar-refractivity contribution >= 4 is 12.0 Å². The number of carbonyl (C=O) groups excluding carboxylic acids is 2. The van der Waals surface area contributed by atoms with Gasteiger partial charge in [0.15, 0.2) is 0 Å². The van der Waals surface area contributed by atoms with Gasteiger partial charge < -0.3 is 15.4 Å². The molecule has 3 atom stereocenters. The van der Waals surface area contributed by atoms with Crippen molar-refractivity contribution in [2.45, 2.75) is 64.4 Å². The minimum atomic E-state index is -0.349. The van der Waals surface area contributed by atoms with Crippen molar-refractivity contribution in [3.63, 3.8) is 0 Å². The summed E-state index contributed by atoms with van der Waals surface area (Å²) in [5.41, 5.74) is 7.34. The fourth-order valence-electron chi connectivity index (χ4n) is 6.74. The normalized spacial score (nSPS) is 37.7. The lowest BCUT2D eigenvalue weighted by Gasteiger charge is -2.58. The van der Waals surface area contributed by atoms with E-state index in [0.717, 1.165) is 55.7 Å². The molecule has 1 saturated heterocycles. The molecule has 4 bridgehead atoms. The summed E-state index contributed by atoms with van der Waals surface area (Å²) in [7, 11) is 0. The molecule has 0 radical (unpaired) electrons. The number of nitrogens with zero attached hydrogens (tertiary/aromatic N) is 3. The molecule has 0 aromatic carbocycles. The second kappa shape index (κ2) is 6.67. The molecular weight excluding hydrogens is 368 g/mol. The number of rotatable bonds is 3. The van der Waals surface area contributed by atoms with E-state index in [1.807, 2.05) is 19.9 Å². The lowest BCUT2D eigenvalue weighted by atomic mass is 9.48. The number of likely N-dealkylation sites (tertiary alicyclic amines) is 1. The lowest BCUT2D eigenvalue weighted by Crippen LogP contribution is -2.59. The molecule has 29 heavy (non-hydrogen) atoms. The second-order valence-electron chi connectivity index (χ2n) is 9.90. The first-order valence-electron chi connectivity index (χ1n) is 10.9. The van der Waals surface area contributed by atoms with Gasteiger partial charge in [0.1, 0.15) is 11.9 Å². The highest BCUT2D eigenvalue weighted by atomic mass is 16.6. The van der Waals surface area contributed by atoms with Crippen LogP contribution >= 0.6 is 0 Å². The van der Waals surface area contributed by atoms with Crippen LogP contribution in [0, 0.1) is 37.0 Å². The molecule has 6 rings (SSSR count). The Morgan fingerprint density at radius 1 is 1.14 bits per heavy atom. The quantitative estimate of drug-likeness (QED) is 0.844. The smallest absolute Gasteiger partial charge is 0.410 e. The molecule has 1 aromatic rings. The maximum Gasteiger partial charge on any atom is 0.410 e. The van der Waals surface area contributed by atoms with Crippen molar-refractivity contribution in [1.82, 2.24) is 14.9 Å². The molecule has 2 amide bonds. The molecule has 1 aliphatic heterocycles. The summed E-state index contributed by atoms with van der Waals surface area (Å²) in [6, 6.07) is 1.97.